The van der Waals surface area contributed by atoms with Gasteiger partial charge in [-0.1, -0.05) is 11.8 Å². The number of amides is 1. The lowest BCUT2D eigenvalue weighted by molar-refractivity contribution is -0.113. The van der Waals surface area contributed by atoms with Crippen molar-refractivity contribution in [3.63, 3.8) is 0 Å². The van der Waals surface area contributed by atoms with Crippen LogP contribution >= 0.6 is 11.8 Å². The molecule has 0 aliphatic heterocycles. The van der Waals surface area contributed by atoms with Crippen LogP contribution in [0, 0.1) is 0 Å². The Morgan fingerprint density at radius 1 is 1.25 bits per heavy atom. The highest BCUT2D eigenvalue weighted by atomic mass is 32.2. The number of carbonyl (C=O) groups is 1. The normalized spacial score (nSPS) is 10.9. The minimum absolute atomic E-state index is 0.130. The second-order valence-corrected chi connectivity index (χ2v) is 6.96. The van der Waals surface area contributed by atoms with E-state index in [1.807, 2.05) is 13.8 Å². The number of methoxy groups -OCH3 is 2. The molecule has 3 rings (SSSR count). The third-order valence-electron chi connectivity index (χ3n) is 3.80. The van der Waals surface area contributed by atoms with Crippen LogP contribution in [0.2, 0.25) is 0 Å². The number of hydrogen-bond acceptors (Lipinski definition) is 8. The summed E-state index contributed by atoms with van der Waals surface area (Å²) in [5.41, 5.74) is 0.646. The molecule has 0 unspecified atom stereocenters. The Kier molecular flexibility index (Phi) is 6.19. The van der Waals surface area contributed by atoms with Crippen LogP contribution in [0.15, 0.2) is 40.1 Å². The SMILES string of the molecule is COc1ccc(-c2nnc(SCC(=O)Nc3ccnn3C(C)C)o2)c(OC)c1. The van der Waals surface area contributed by atoms with Crippen LogP contribution in [0.4, 0.5) is 5.82 Å². The van der Waals surface area contributed by atoms with Gasteiger partial charge in [0.1, 0.15) is 17.3 Å². The van der Waals surface area contributed by atoms with Crippen LogP contribution in [-0.2, 0) is 4.79 Å². The molecule has 1 amide bonds. The fourth-order valence-electron chi connectivity index (χ4n) is 2.48. The fraction of sp³-hybridized carbons (Fsp3) is 0.333. The number of anilines is 1. The summed E-state index contributed by atoms with van der Waals surface area (Å²) in [6, 6.07) is 7.19. The van der Waals surface area contributed by atoms with Crippen molar-refractivity contribution >= 4 is 23.5 Å². The monoisotopic (exact) mass is 403 g/mol. The molecule has 0 saturated carbocycles. The molecule has 0 saturated heterocycles. The van der Waals surface area contributed by atoms with Crippen LogP contribution in [0.3, 0.4) is 0 Å². The lowest BCUT2D eigenvalue weighted by Crippen LogP contribution is -2.18. The number of hydrogen-bond donors (Lipinski definition) is 1. The maximum absolute atomic E-state index is 12.2. The molecule has 148 valence electrons. The first kappa shape index (κ1) is 19.7. The molecular formula is C18H21N5O4S. The van der Waals surface area contributed by atoms with Gasteiger partial charge in [0.2, 0.25) is 5.91 Å². The van der Waals surface area contributed by atoms with E-state index in [0.717, 1.165) is 11.8 Å². The summed E-state index contributed by atoms with van der Waals surface area (Å²) >= 11 is 1.15. The molecule has 0 aliphatic carbocycles. The van der Waals surface area contributed by atoms with Gasteiger partial charge < -0.3 is 19.2 Å². The third-order valence-corrected chi connectivity index (χ3v) is 4.62. The molecule has 0 aliphatic rings. The first-order valence-corrected chi connectivity index (χ1v) is 9.52. The molecule has 0 atom stereocenters. The lowest BCUT2D eigenvalue weighted by atomic mass is 10.2. The topological polar surface area (TPSA) is 104 Å². The highest BCUT2D eigenvalue weighted by Gasteiger charge is 2.16. The van der Waals surface area contributed by atoms with E-state index in [9.17, 15) is 4.79 Å². The van der Waals surface area contributed by atoms with E-state index < -0.39 is 0 Å². The number of thioether (sulfide) groups is 1. The minimum Gasteiger partial charge on any atom is -0.497 e. The number of nitrogens with one attached hydrogen (secondary N) is 1. The largest absolute Gasteiger partial charge is 0.497 e. The number of aromatic nitrogens is 4. The number of ether oxygens (including phenoxy) is 2. The molecule has 1 N–H and O–H groups in total. The molecule has 0 bridgehead atoms. The number of benzene rings is 1. The zero-order chi connectivity index (χ0) is 20.1. The molecule has 1 aromatic carbocycles. The van der Waals surface area contributed by atoms with E-state index in [4.69, 9.17) is 13.9 Å². The molecule has 28 heavy (non-hydrogen) atoms. The summed E-state index contributed by atoms with van der Waals surface area (Å²) in [4.78, 5) is 12.2. The predicted octanol–water partition coefficient (Wildman–Crippen LogP) is 3.26. The second kappa shape index (κ2) is 8.79. The van der Waals surface area contributed by atoms with Gasteiger partial charge in [0.05, 0.1) is 31.7 Å². The van der Waals surface area contributed by atoms with Crippen LogP contribution in [-0.4, -0.2) is 45.9 Å². The summed E-state index contributed by atoms with van der Waals surface area (Å²) < 4.78 is 17.9. The Balaban J connectivity index is 1.63. The van der Waals surface area contributed by atoms with Crippen LogP contribution in [0.25, 0.3) is 11.5 Å². The van der Waals surface area contributed by atoms with Crippen molar-refractivity contribution in [3.05, 3.63) is 30.5 Å². The van der Waals surface area contributed by atoms with E-state index in [-0.39, 0.29) is 17.7 Å². The summed E-state index contributed by atoms with van der Waals surface area (Å²) in [6.07, 6.45) is 1.65. The molecule has 0 radical (unpaired) electrons. The van der Waals surface area contributed by atoms with Crippen LogP contribution in [0.5, 0.6) is 11.5 Å². The highest BCUT2D eigenvalue weighted by molar-refractivity contribution is 7.99. The van der Waals surface area contributed by atoms with Gasteiger partial charge in [-0.25, -0.2) is 4.68 Å². The van der Waals surface area contributed by atoms with Gasteiger partial charge in [-0.3, -0.25) is 4.79 Å². The third kappa shape index (κ3) is 4.45. The molecule has 2 heterocycles. The van der Waals surface area contributed by atoms with Crippen molar-refractivity contribution in [1.29, 1.82) is 0 Å². The van der Waals surface area contributed by atoms with Crippen molar-refractivity contribution in [2.75, 3.05) is 25.3 Å². The van der Waals surface area contributed by atoms with Crippen molar-refractivity contribution in [3.8, 4) is 23.0 Å². The van der Waals surface area contributed by atoms with Gasteiger partial charge in [0.25, 0.3) is 11.1 Å². The molecule has 3 aromatic rings. The van der Waals surface area contributed by atoms with E-state index in [2.05, 4.69) is 20.6 Å². The first-order chi connectivity index (χ1) is 13.5. The Hall–Kier alpha value is -3.01. The van der Waals surface area contributed by atoms with Crippen LogP contribution in [0.1, 0.15) is 19.9 Å². The minimum atomic E-state index is -0.186. The molecule has 10 heteroatoms. The number of nitrogens with zero attached hydrogens (tertiary/aromatic N) is 4. The lowest BCUT2D eigenvalue weighted by Gasteiger charge is -2.11. The number of rotatable bonds is 8. The first-order valence-electron chi connectivity index (χ1n) is 8.54. The molecule has 9 nitrogen and oxygen atoms in total. The Bertz CT molecular complexity index is 953. The maximum Gasteiger partial charge on any atom is 0.277 e. The average Bonchev–Trinajstić information content (AvgIpc) is 3.35. The summed E-state index contributed by atoms with van der Waals surface area (Å²) in [6.45, 7) is 3.98. The van der Waals surface area contributed by atoms with Gasteiger partial charge in [-0.05, 0) is 26.0 Å². The van der Waals surface area contributed by atoms with Gasteiger partial charge in [0, 0.05) is 18.2 Å². The highest BCUT2D eigenvalue weighted by Crippen LogP contribution is 2.33. The van der Waals surface area contributed by atoms with Crippen LogP contribution < -0.4 is 14.8 Å². The smallest absolute Gasteiger partial charge is 0.277 e. The van der Waals surface area contributed by atoms with Gasteiger partial charge in [0.15, 0.2) is 0 Å². The van der Waals surface area contributed by atoms with E-state index in [1.165, 1.54) is 0 Å². The van der Waals surface area contributed by atoms with Crippen molar-refractivity contribution in [2.24, 2.45) is 0 Å². The molecule has 0 spiro atoms. The summed E-state index contributed by atoms with van der Waals surface area (Å²) in [7, 11) is 3.13. The summed E-state index contributed by atoms with van der Waals surface area (Å²) in [5.74, 6) is 2.11. The molecule has 2 aromatic heterocycles. The van der Waals surface area contributed by atoms with Gasteiger partial charge in [-0.15, -0.1) is 10.2 Å². The zero-order valence-electron chi connectivity index (χ0n) is 16.0. The Morgan fingerprint density at radius 2 is 2.07 bits per heavy atom. The predicted molar refractivity (Wildman–Crippen MR) is 105 cm³/mol. The second-order valence-electron chi connectivity index (χ2n) is 6.03. The van der Waals surface area contributed by atoms with Crippen molar-refractivity contribution < 1.29 is 18.7 Å². The Labute approximate surface area is 166 Å². The molecular weight excluding hydrogens is 382 g/mol. The average molecular weight is 403 g/mol. The van der Waals surface area contributed by atoms with Crippen molar-refractivity contribution in [2.45, 2.75) is 25.1 Å². The quantitative estimate of drug-likeness (QED) is 0.572. The van der Waals surface area contributed by atoms with Gasteiger partial charge >= 0.3 is 0 Å². The fourth-order valence-corrected chi connectivity index (χ4v) is 3.05. The number of carbonyl (C=O) groups excluding carboxylic acids is 1. The van der Waals surface area contributed by atoms with E-state index >= 15 is 0 Å². The maximum atomic E-state index is 12.2. The van der Waals surface area contributed by atoms with Crippen molar-refractivity contribution in [1.82, 2.24) is 20.0 Å². The van der Waals surface area contributed by atoms with E-state index in [1.54, 1.807) is 49.4 Å². The Morgan fingerprint density at radius 3 is 2.79 bits per heavy atom. The zero-order valence-corrected chi connectivity index (χ0v) is 16.8. The summed E-state index contributed by atoms with van der Waals surface area (Å²) in [5, 5.41) is 15.3. The standard InChI is InChI=1S/C18H21N5O4S/c1-11(2)23-15(7-8-19-23)20-16(24)10-28-18-22-21-17(27-18)13-6-5-12(25-3)9-14(13)26-4/h5-9,11H,10H2,1-4H3,(H,20,24). The van der Waals surface area contributed by atoms with E-state index in [0.29, 0.717) is 34.0 Å². The molecule has 0 fully saturated rings. The van der Waals surface area contributed by atoms with Gasteiger partial charge in [-0.2, -0.15) is 5.10 Å².